The molecule has 0 aliphatic carbocycles. The molecule has 126 valence electrons. The molecule has 24 heavy (non-hydrogen) atoms. The minimum absolute atomic E-state index is 0.0116. The van der Waals surface area contributed by atoms with Crippen LogP contribution < -0.4 is 11.1 Å². The molecule has 0 spiro atoms. The van der Waals surface area contributed by atoms with Crippen molar-refractivity contribution in [1.29, 1.82) is 0 Å². The van der Waals surface area contributed by atoms with Crippen LogP contribution in [0.2, 0.25) is 0 Å². The van der Waals surface area contributed by atoms with Crippen LogP contribution in [-0.2, 0) is 11.2 Å². The first kappa shape index (κ1) is 16.8. The fourth-order valence-corrected chi connectivity index (χ4v) is 4.07. The summed E-state index contributed by atoms with van der Waals surface area (Å²) in [7, 11) is 0. The minimum Gasteiger partial charge on any atom is -0.374 e. The van der Waals surface area contributed by atoms with Crippen molar-refractivity contribution in [3.8, 4) is 0 Å². The van der Waals surface area contributed by atoms with Crippen LogP contribution in [0.4, 0.5) is 5.13 Å². The lowest BCUT2D eigenvalue weighted by atomic mass is 10.1. The molecule has 2 aromatic heterocycles. The largest absolute Gasteiger partial charge is 0.374 e. The first-order valence-corrected chi connectivity index (χ1v) is 9.39. The summed E-state index contributed by atoms with van der Waals surface area (Å²) in [5, 5.41) is 12.2. The molecular formula is C16H19N5OS2. The average molecular weight is 361 g/mol. The second kappa shape index (κ2) is 7.23. The fourth-order valence-electron chi connectivity index (χ4n) is 2.60. The molecule has 0 fully saturated rings. The molecule has 0 saturated carbocycles. The highest BCUT2D eigenvalue weighted by atomic mass is 32.2. The number of fused-ring (bicyclic) bond motifs is 1. The van der Waals surface area contributed by atoms with Gasteiger partial charge in [0.1, 0.15) is 0 Å². The number of aryl methyl sites for hydroxylation is 2. The number of carbonyl (C=O) groups excluding carboxylic acids is 1. The van der Waals surface area contributed by atoms with Crippen LogP contribution in [0.1, 0.15) is 16.8 Å². The molecule has 0 saturated heterocycles. The number of benzene rings is 1. The van der Waals surface area contributed by atoms with E-state index in [-0.39, 0.29) is 5.91 Å². The molecule has 0 radical (unpaired) electrons. The monoisotopic (exact) mass is 361 g/mol. The molecule has 1 amide bonds. The number of rotatable bonds is 6. The average Bonchev–Trinajstić information content (AvgIpc) is 3.09. The quantitative estimate of drug-likeness (QED) is 0.587. The van der Waals surface area contributed by atoms with Crippen LogP contribution in [0.25, 0.3) is 10.9 Å². The molecule has 4 N–H and O–H groups in total. The highest BCUT2D eigenvalue weighted by molar-refractivity contribution is 8.01. The van der Waals surface area contributed by atoms with Gasteiger partial charge in [-0.15, -0.1) is 10.2 Å². The summed E-state index contributed by atoms with van der Waals surface area (Å²) < 4.78 is 0.714. The van der Waals surface area contributed by atoms with Gasteiger partial charge in [0.2, 0.25) is 11.0 Å². The summed E-state index contributed by atoms with van der Waals surface area (Å²) in [5.41, 5.74) is 10.3. The Bertz CT molecular complexity index is 871. The highest BCUT2D eigenvalue weighted by Gasteiger charge is 2.10. The predicted octanol–water partition coefficient (Wildman–Crippen LogP) is 2.67. The Hall–Kier alpha value is -2.06. The highest BCUT2D eigenvalue weighted by Crippen LogP contribution is 2.24. The van der Waals surface area contributed by atoms with Crippen LogP contribution >= 0.6 is 23.1 Å². The molecule has 0 aliphatic rings. The number of aromatic nitrogens is 3. The van der Waals surface area contributed by atoms with Crippen molar-refractivity contribution < 1.29 is 4.79 Å². The number of nitrogens with one attached hydrogen (secondary N) is 2. The van der Waals surface area contributed by atoms with E-state index in [9.17, 15) is 4.79 Å². The fraction of sp³-hybridized carbons (Fsp3) is 0.312. The van der Waals surface area contributed by atoms with Gasteiger partial charge in [-0.25, -0.2) is 0 Å². The Labute approximate surface area is 148 Å². The normalized spacial score (nSPS) is 11.1. The van der Waals surface area contributed by atoms with E-state index in [0.717, 1.165) is 17.6 Å². The third kappa shape index (κ3) is 3.88. The van der Waals surface area contributed by atoms with Crippen LogP contribution in [0.3, 0.4) is 0 Å². The van der Waals surface area contributed by atoms with E-state index in [2.05, 4.69) is 52.5 Å². The second-order valence-corrected chi connectivity index (χ2v) is 7.80. The van der Waals surface area contributed by atoms with E-state index in [4.69, 9.17) is 5.73 Å². The number of nitrogens with zero attached hydrogens (tertiary/aromatic N) is 2. The van der Waals surface area contributed by atoms with Gasteiger partial charge < -0.3 is 16.0 Å². The van der Waals surface area contributed by atoms with E-state index in [0.29, 0.717) is 21.8 Å². The van der Waals surface area contributed by atoms with Gasteiger partial charge in [-0.1, -0.05) is 34.7 Å². The molecule has 0 unspecified atom stereocenters. The molecule has 8 heteroatoms. The van der Waals surface area contributed by atoms with Crippen molar-refractivity contribution in [2.75, 3.05) is 18.0 Å². The van der Waals surface area contributed by atoms with Gasteiger partial charge in [0.15, 0.2) is 4.34 Å². The van der Waals surface area contributed by atoms with Gasteiger partial charge in [-0.2, -0.15) is 0 Å². The molecule has 2 heterocycles. The molecule has 1 aromatic carbocycles. The van der Waals surface area contributed by atoms with E-state index >= 15 is 0 Å². The molecular weight excluding hydrogens is 342 g/mol. The van der Waals surface area contributed by atoms with Gasteiger partial charge in [-0.3, -0.25) is 4.79 Å². The lowest BCUT2D eigenvalue weighted by molar-refractivity contribution is -0.118. The van der Waals surface area contributed by atoms with Gasteiger partial charge in [-0.05, 0) is 38.0 Å². The number of nitrogens with two attached hydrogens (primary N) is 1. The Morgan fingerprint density at radius 3 is 2.96 bits per heavy atom. The van der Waals surface area contributed by atoms with Crippen molar-refractivity contribution in [3.63, 3.8) is 0 Å². The first-order valence-electron chi connectivity index (χ1n) is 7.59. The SMILES string of the molecule is Cc1ccc2[nH]c(C)c(CCNC(=O)CSc3nnc(N)s3)c2c1. The first-order chi connectivity index (χ1) is 11.5. The van der Waals surface area contributed by atoms with Crippen molar-refractivity contribution in [1.82, 2.24) is 20.5 Å². The standard InChI is InChI=1S/C16H19N5OS2/c1-9-3-4-13-12(7-9)11(10(2)19-13)5-6-18-14(22)8-23-16-21-20-15(17)24-16/h3-4,7,19H,5-6,8H2,1-2H3,(H2,17,20)(H,18,22). The lowest BCUT2D eigenvalue weighted by Gasteiger charge is -2.05. The summed E-state index contributed by atoms with van der Waals surface area (Å²) in [6, 6.07) is 6.39. The lowest BCUT2D eigenvalue weighted by Crippen LogP contribution is -2.27. The third-order valence-electron chi connectivity index (χ3n) is 3.72. The van der Waals surface area contributed by atoms with Gasteiger partial charge in [0, 0.05) is 23.1 Å². The van der Waals surface area contributed by atoms with Crippen LogP contribution in [0, 0.1) is 13.8 Å². The zero-order valence-electron chi connectivity index (χ0n) is 13.5. The summed E-state index contributed by atoms with van der Waals surface area (Å²) in [6.07, 6.45) is 0.803. The topological polar surface area (TPSA) is 96.7 Å². The number of hydrogen-bond donors (Lipinski definition) is 3. The number of anilines is 1. The number of H-pyrrole nitrogens is 1. The maximum absolute atomic E-state index is 11.9. The van der Waals surface area contributed by atoms with Gasteiger partial charge in [0.05, 0.1) is 5.75 Å². The van der Waals surface area contributed by atoms with Crippen LogP contribution in [-0.4, -0.2) is 33.4 Å². The number of carbonyl (C=O) groups is 1. The van der Waals surface area contributed by atoms with Gasteiger partial charge >= 0.3 is 0 Å². The molecule has 6 nitrogen and oxygen atoms in total. The van der Waals surface area contributed by atoms with E-state index < -0.39 is 0 Å². The third-order valence-corrected chi connectivity index (χ3v) is 5.61. The smallest absolute Gasteiger partial charge is 0.230 e. The molecule has 0 bridgehead atoms. The summed E-state index contributed by atoms with van der Waals surface area (Å²) in [5.74, 6) is 0.308. The number of thioether (sulfide) groups is 1. The Morgan fingerprint density at radius 1 is 1.38 bits per heavy atom. The van der Waals surface area contributed by atoms with E-state index in [1.807, 2.05) is 0 Å². The second-order valence-electron chi connectivity index (χ2n) is 5.57. The maximum atomic E-state index is 11.9. The zero-order valence-corrected chi connectivity index (χ0v) is 15.2. The molecule has 3 rings (SSSR count). The number of amides is 1. The predicted molar refractivity (Wildman–Crippen MR) is 99.5 cm³/mol. The summed E-state index contributed by atoms with van der Waals surface area (Å²) in [6.45, 7) is 4.77. The van der Waals surface area contributed by atoms with Crippen molar-refractivity contribution in [3.05, 3.63) is 35.0 Å². The molecule has 0 atom stereocenters. The Kier molecular flexibility index (Phi) is 5.06. The van der Waals surface area contributed by atoms with Gasteiger partial charge in [0.25, 0.3) is 0 Å². The summed E-state index contributed by atoms with van der Waals surface area (Å²) >= 11 is 2.64. The number of aromatic amines is 1. The van der Waals surface area contributed by atoms with Crippen LogP contribution in [0.5, 0.6) is 0 Å². The van der Waals surface area contributed by atoms with Crippen molar-refractivity contribution in [2.24, 2.45) is 0 Å². The maximum Gasteiger partial charge on any atom is 0.230 e. The summed E-state index contributed by atoms with van der Waals surface area (Å²) in [4.78, 5) is 15.3. The number of nitrogen functional groups attached to an aromatic ring is 1. The Balaban J connectivity index is 1.53. The van der Waals surface area contributed by atoms with Crippen LogP contribution in [0.15, 0.2) is 22.5 Å². The molecule has 0 aliphatic heterocycles. The molecule has 3 aromatic rings. The van der Waals surface area contributed by atoms with E-state index in [1.54, 1.807) is 0 Å². The number of hydrogen-bond acceptors (Lipinski definition) is 6. The zero-order chi connectivity index (χ0) is 17.1. The van der Waals surface area contributed by atoms with Crippen molar-refractivity contribution >= 4 is 45.0 Å². The van der Waals surface area contributed by atoms with E-state index in [1.165, 1.54) is 39.6 Å². The van der Waals surface area contributed by atoms with Crippen molar-refractivity contribution in [2.45, 2.75) is 24.6 Å². The minimum atomic E-state index is -0.0116. The Morgan fingerprint density at radius 2 is 2.21 bits per heavy atom.